The molecule has 2 saturated heterocycles. The summed E-state index contributed by atoms with van der Waals surface area (Å²) in [5.74, 6) is 0.376. The molecule has 6 heteroatoms. The molecule has 0 aliphatic carbocycles. The average molecular weight is 331 g/mol. The molecule has 3 atom stereocenters. The number of hydrogen-bond donors (Lipinski definition) is 1. The SMILES string of the molecule is CN1C[C@@H]2[C@H](c3ccccc31)[C@H](CO)N2C(=O)CN1CCOCC1. The molecular weight excluding hydrogens is 306 g/mol. The first kappa shape index (κ1) is 15.9. The zero-order valence-electron chi connectivity index (χ0n) is 14.1. The van der Waals surface area contributed by atoms with Crippen LogP contribution in [0.4, 0.5) is 5.69 Å². The summed E-state index contributed by atoms with van der Waals surface area (Å²) in [6, 6.07) is 8.41. The summed E-state index contributed by atoms with van der Waals surface area (Å²) in [7, 11) is 2.08. The lowest BCUT2D eigenvalue weighted by Crippen LogP contribution is -2.71. The number of benzene rings is 1. The molecule has 3 aliphatic heterocycles. The van der Waals surface area contributed by atoms with Crippen LogP contribution < -0.4 is 4.90 Å². The third-order valence-electron chi connectivity index (χ3n) is 5.65. The van der Waals surface area contributed by atoms with E-state index in [1.807, 2.05) is 17.0 Å². The molecule has 6 nitrogen and oxygen atoms in total. The minimum Gasteiger partial charge on any atom is -0.394 e. The van der Waals surface area contributed by atoms with Crippen LogP contribution in [0.2, 0.25) is 0 Å². The molecule has 0 spiro atoms. The van der Waals surface area contributed by atoms with Crippen LogP contribution in [0.1, 0.15) is 11.5 Å². The molecule has 24 heavy (non-hydrogen) atoms. The van der Waals surface area contributed by atoms with E-state index in [2.05, 4.69) is 29.0 Å². The van der Waals surface area contributed by atoms with Gasteiger partial charge in [0.1, 0.15) is 0 Å². The number of nitrogens with zero attached hydrogens (tertiary/aromatic N) is 3. The van der Waals surface area contributed by atoms with Gasteiger partial charge in [-0.2, -0.15) is 0 Å². The van der Waals surface area contributed by atoms with Gasteiger partial charge in [-0.15, -0.1) is 0 Å². The van der Waals surface area contributed by atoms with Crippen molar-refractivity contribution in [2.24, 2.45) is 0 Å². The Bertz CT molecular complexity index is 617. The molecule has 130 valence electrons. The highest BCUT2D eigenvalue weighted by Gasteiger charge is 2.54. The third-order valence-corrected chi connectivity index (χ3v) is 5.65. The predicted molar refractivity (Wildman–Crippen MR) is 91.2 cm³/mol. The smallest absolute Gasteiger partial charge is 0.237 e. The number of rotatable bonds is 3. The molecule has 1 aromatic carbocycles. The standard InChI is InChI=1S/C18H25N3O3/c1-19-10-15-18(13-4-2-3-5-14(13)19)16(12-22)21(15)17(23)11-20-6-8-24-9-7-20/h2-5,15-16,18,22H,6-12H2,1H3/t15-,16+,18+/m1/s1. The van der Waals surface area contributed by atoms with Crippen LogP contribution in [0, 0.1) is 0 Å². The van der Waals surface area contributed by atoms with Gasteiger partial charge in [0.05, 0.1) is 38.4 Å². The molecule has 3 heterocycles. The lowest BCUT2D eigenvalue weighted by Gasteiger charge is -2.59. The Morgan fingerprint density at radius 2 is 2.04 bits per heavy atom. The number of ether oxygens (including phenoxy) is 1. The number of hydrogen-bond acceptors (Lipinski definition) is 5. The highest BCUT2D eigenvalue weighted by molar-refractivity contribution is 5.81. The highest BCUT2D eigenvalue weighted by atomic mass is 16.5. The van der Waals surface area contributed by atoms with E-state index in [0.29, 0.717) is 19.8 Å². The Labute approximate surface area is 142 Å². The van der Waals surface area contributed by atoms with Gasteiger partial charge in [-0.3, -0.25) is 9.69 Å². The van der Waals surface area contributed by atoms with E-state index < -0.39 is 0 Å². The van der Waals surface area contributed by atoms with Crippen LogP contribution in [0.15, 0.2) is 24.3 Å². The second kappa shape index (κ2) is 6.35. The summed E-state index contributed by atoms with van der Waals surface area (Å²) in [5, 5.41) is 9.90. The minimum absolute atomic E-state index is 0.0219. The Morgan fingerprint density at radius 3 is 2.79 bits per heavy atom. The summed E-state index contributed by atoms with van der Waals surface area (Å²) in [5.41, 5.74) is 2.48. The number of likely N-dealkylation sites (tertiary alicyclic amines) is 1. The van der Waals surface area contributed by atoms with Gasteiger partial charge in [-0.1, -0.05) is 18.2 Å². The number of fused-ring (bicyclic) bond motifs is 3. The van der Waals surface area contributed by atoms with Gasteiger partial charge in [0, 0.05) is 38.3 Å². The number of carbonyl (C=O) groups is 1. The first-order chi connectivity index (χ1) is 11.7. The average Bonchev–Trinajstić information content (AvgIpc) is 2.58. The normalized spacial score (nSPS) is 29.7. The van der Waals surface area contributed by atoms with E-state index >= 15 is 0 Å². The summed E-state index contributed by atoms with van der Waals surface area (Å²) in [4.78, 5) is 19.1. The molecular formula is C18H25N3O3. The van der Waals surface area contributed by atoms with Crippen molar-refractivity contribution in [3.63, 3.8) is 0 Å². The molecule has 0 aromatic heterocycles. The topological polar surface area (TPSA) is 56.2 Å². The van der Waals surface area contributed by atoms with Gasteiger partial charge in [-0.25, -0.2) is 0 Å². The van der Waals surface area contributed by atoms with Crippen molar-refractivity contribution in [1.82, 2.24) is 9.80 Å². The van der Waals surface area contributed by atoms with Crippen molar-refractivity contribution < 1.29 is 14.6 Å². The van der Waals surface area contributed by atoms with E-state index in [4.69, 9.17) is 4.74 Å². The number of amides is 1. The largest absolute Gasteiger partial charge is 0.394 e. The van der Waals surface area contributed by atoms with Crippen molar-refractivity contribution in [1.29, 1.82) is 0 Å². The fourth-order valence-corrected chi connectivity index (χ4v) is 4.46. The van der Waals surface area contributed by atoms with Crippen molar-refractivity contribution in [2.45, 2.75) is 18.0 Å². The summed E-state index contributed by atoms with van der Waals surface area (Å²) in [6.07, 6.45) is 0. The van der Waals surface area contributed by atoms with Crippen LogP contribution in [-0.4, -0.2) is 85.9 Å². The van der Waals surface area contributed by atoms with Crippen LogP contribution in [-0.2, 0) is 9.53 Å². The number of carbonyl (C=O) groups excluding carboxylic acids is 1. The predicted octanol–water partition coefficient (Wildman–Crippen LogP) is 0.124. The second-order valence-electron chi connectivity index (χ2n) is 6.97. The van der Waals surface area contributed by atoms with Crippen LogP contribution in [0.3, 0.4) is 0 Å². The molecule has 0 bridgehead atoms. The van der Waals surface area contributed by atoms with Crippen LogP contribution >= 0.6 is 0 Å². The zero-order valence-corrected chi connectivity index (χ0v) is 14.1. The molecule has 0 radical (unpaired) electrons. The number of para-hydroxylation sites is 1. The number of morpholine rings is 1. The Kier molecular flexibility index (Phi) is 4.20. The van der Waals surface area contributed by atoms with Gasteiger partial charge in [0.2, 0.25) is 5.91 Å². The summed E-state index contributed by atoms with van der Waals surface area (Å²) < 4.78 is 5.35. The fourth-order valence-electron chi connectivity index (χ4n) is 4.46. The van der Waals surface area contributed by atoms with E-state index in [-0.39, 0.29) is 30.5 Å². The van der Waals surface area contributed by atoms with Gasteiger partial charge >= 0.3 is 0 Å². The summed E-state index contributed by atoms with van der Waals surface area (Å²) >= 11 is 0. The second-order valence-corrected chi connectivity index (χ2v) is 6.97. The van der Waals surface area contributed by atoms with Crippen molar-refractivity contribution in [3.05, 3.63) is 29.8 Å². The lowest BCUT2D eigenvalue weighted by atomic mass is 9.72. The molecule has 1 N–H and O–H groups in total. The summed E-state index contributed by atoms with van der Waals surface area (Å²) in [6.45, 7) is 4.27. The molecule has 4 rings (SSSR count). The number of aliphatic hydroxyl groups is 1. The molecule has 2 fully saturated rings. The maximum absolute atomic E-state index is 12.9. The zero-order chi connectivity index (χ0) is 16.7. The molecule has 0 unspecified atom stereocenters. The van der Waals surface area contributed by atoms with E-state index in [9.17, 15) is 9.90 Å². The lowest BCUT2D eigenvalue weighted by molar-refractivity contribution is -0.152. The minimum atomic E-state index is -0.0987. The highest BCUT2D eigenvalue weighted by Crippen LogP contribution is 2.47. The molecule has 1 amide bonds. The van der Waals surface area contributed by atoms with Gasteiger partial charge < -0.3 is 19.6 Å². The van der Waals surface area contributed by atoms with Gasteiger partial charge in [0.25, 0.3) is 0 Å². The fraction of sp³-hybridized carbons (Fsp3) is 0.611. The first-order valence-electron chi connectivity index (χ1n) is 8.73. The molecule has 0 saturated carbocycles. The maximum atomic E-state index is 12.9. The van der Waals surface area contributed by atoms with E-state index in [0.717, 1.165) is 19.6 Å². The Morgan fingerprint density at radius 1 is 1.29 bits per heavy atom. The van der Waals surface area contributed by atoms with Crippen molar-refractivity contribution in [3.8, 4) is 0 Å². The first-order valence-corrected chi connectivity index (χ1v) is 8.73. The van der Waals surface area contributed by atoms with Crippen molar-refractivity contribution >= 4 is 11.6 Å². The molecule has 3 aliphatic rings. The van der Waals surface area contributed by atoms with E-state index in [1.165, 1.54) is 11.3 Å². The van der Waals surface area contributed by atoms with Gasteiger partial charge in [-0.05, 0) is 11.6 Å². The van der Waals surface area contributed by atoms with Crippen LogP contribution in [0.5, 0.6) is 0 Å². The van der Waals surface area contributed by atoms with Gasteiger partial charge in [0.15, 0.2) is 0 Å². The number of aliphatic hydroxyl groups excluding tert-OH is 1. The number of likely N-dealkylation sites (N-methyl/N-ethyl adjacent to an activating group) is 1. The molecule has 1 aromatic rings. The third kappa shape index (κ3) is 2.49. The quantitative estimate of drug-likeness (QED) is 0.853. The monoisotopic (exact) mass is 331 g/mol. The maximum Gasteiger partial charge on any atom is 0.237 e. The van der Waals surface area contributed by atoms with Crippen LogP contribution in [0.25, 0.3) is 0 Å². The van der Waals surface area contributed by atoms with Crippen molar-refractivity contribution in [2.75, 3.05) is 57.9 Å². The Balaban J connectivity index is 1.53. The Hall–Kier alpha value is -1.63. The number of anilines is 1. The van der Waals surface area contributed by atoms with E-state index in [1.54, 1.807) is 0 Å².